The second-order valence-corrected chi connectivity index (χ2v) is 7.68. The van der Waals surface area contributed by atoms with Gasteiger partial charge in [0.25, 0.3) is 0 Å². The lowest BCUT2D eigenvalue weighted by atomic mass is 9.89. The van der Waals surface area contributed by atoms with Crippen LogP contribution in [0.5, 0.6) is 0 Å². The zero-order valence-corrected chi connectivity index (χ0v) is 15.1. The summed E-state index contributed by atoms with van der Waals surface area (Å²) in [5, 5.41) is 21.0. The maximum absolute atomic E-state index is 11.7. The number of carboxylic acid groups (broad SMARTS) is 1. The summed E-state index contributed by atoms with van der Waals surface area (Å²) in [7, 11) is 0. The van der Waals surface area contributed by atoms with E-state index in [1.54, 1.807) is 12.3 Å². The third kappa shape index (κ3) is 3.54. The maximum Gasteiger partial charge on any atom is 0.337 e. The van der Waals surface area contributed by atoms with Gasteiger partial charge >= 0.3 is 5.97 Å². The number of carboxylic acids is 1. The number of hydrogen-bond acceptors (Lipinski definition) is 6. The molecule has 2 heterocycles. The largest absolute Gasteiger partial charge is 0.479 e. The zero-order valence-electron chi connectivity index (χ0n) is 14.3. The molecule has 0 unspecified atom stereocenters. The smallest absolute Gasteiger partial charge is 0.337 e. The Balaban J connectivity index is 1.95. The van der Waals surface area contributed by atoms with Crippen molar-refractivity contribution in [3.63, 3.8) is 0 Å². The molecule has 7 heteroatoms. The van der Waals surface area contributed by atoms with Crippen molar-refractivity contribution >= 4 is 28.7 Å². The van der Waals surface area contributed by atoms with Gasteiger partial charge in [-0.3, -0.25) is 4.98 Å². The van der Waals surface area contributed by atoms with Crippen LogP contribution >= 0.6 is 11.8 Å². The van der Waals surface area contributed by atoms with Gasteiger partial charge in [-0.05, 0) is 31.2 Å². The van der Waals surface area contributed by atoms with Gasteiger partial charge in [-0.2, -0.15) is 11.8 Å². The molecule has 25 heavy (non-hydrogen) atoms. The third-order valence-electron chi connectivity index (χ3n) is 5.07. The van der Waals surface area contributed by atoms with Crippen molar-refractivity contribution in [1.82, 2.24) is 4.98 Å². The highest BCUT2D eigenvalue weighted by Crippen LogP contribution is 2.37. The van der Waals surface area contributed by atoms with E-state index in [9.17, 15) is 15.0 Å². The van der Waals surface area contributed by atoms with Gasteiger partial charge in [-0.15, -0.1) is 0 Å². The average molecular weight is 364 g/mol. The van der Waals surface area contributed by atoms with Crippen LogP contribution in [0.1, 0.15) is 43.1 Å². The van der Waals surface area contributed by atoms with Crippen LogP contribution in [0.15, 0.2) is 22.7 Å². The fourth-order valence-electron chi connectivity index (χ4n) is 3.53. The quantitative estimate of drug-likeness (QED) is 0.692. The molecule has 0 saturated heterocycles. The Bertz CT molecular complexity index is 757. The first-order chi connectivity index (χ1) is 12.0. The highest BCUT2D eigenvalue weighted by atomic mass is 32.2. The Hall–Kier alpha value is -1.57. The summed E-state index contributed by atoms with van der Waals surface area (Å²) in [5.41, 5.74) is 5.08. The van der Waals surface area contributed by atoms with Gasteiger partial charge < -0.3 is 20.4 Å². The molecule has 0 amide bonds. The summed E-state index contributed by atoms with van der Waals surface area (Å²) in [6.07, 6.45) is 7.89. The van der Waals surface area contributed by atoms with Crippen LogP contribution in [-0.2, 0) is 11.2 Å². The van der Waals surface area contributed by atoms with Crippen molar-refractivity contribution in [2.24, 2.45) is 5.73 Å². The lowest BCUT2D eigenvalue weighted by molar-refractivity contribution is -0.160. The van der Waals surface area contributed by atoms with Crippen LogP contribution in [0, 0.1) is 0 Å². The SMILES string of the molecule is CSC[C@H](N)[C@](O)(Cc1nccc2oc(C3CCCC3)cc12)C(=O)O. The first-order valence-electron chi connectivity index (χ1n) is 8.53. The van der Waals surface area contributed by atoms with Crippen LogP contribution < -0.4 is 5.73 Å². The van der Waals surface area contributed by atoms with Crippen molar-refractivity contribution in [1.29, 1.82) is 0 Å². The molecule has 1 aliphatic rings. The number of rotatable bonds is 7. The topological polar surface area (TPSA) is 110 Å². The molecule has 136 valence electrons. The van der Waals surface area contributed by atoms with Gasteiger partial charge in [-0.1, -0.05) is 12.8 Å². The highest BCUT2D eigenvalue weighted by molar-refractivity contribution is 7.98. The van der Waals surface area contributed by atoms with Crippen LogP contribution in [0.2, 0.25) is 0 Å². The fraction of sp³-hybridized carbons (Fsp3) is 0.556. The second-order valence-electron chi connectivity index (χ2n) is 6.77. The Labute approximate surface area is 150 Å². The monoisotopic (exact) mass is 364 g/mol. The molecule has 1 aliphatic carbocycles. The number of nitrogens with two attached hydrogens (primary N) is 1. The summed E-state index contributed by atoms with van der Waals surface area (Å²) in [5.74, 6) is 0.357. The van der Waals surface area contributed by atoms with Gasteiger partial charge in [0.2, 0.25) is 0 Å². The van der Waals surface area contributed by atoms with Crippen LogP contribution in [0.25, 0.3) is 11.0 Å². The average Bonchev–Trinajstić information content (AvgIpc) is 3.24. The molecule has 2 aromatic rings. The molecular weight excluding hydrogens is 340 g/mol. The highest BCUT2D eigenvalue weighted by Gasteiger charge is 2.43. The number of pyridine rings is 1. The molecule has 2 aromatic heterocycles. The zero-order chi connectivity index (χ0) is 18.0. The van der Waals surface area contributed by atoms with E-state index in [0.29, 0.717) is 22.9 Å². The molecule has 0 aliphatic heterocycles. The summed E-state index contributed by atoms with van der Waals surface area (Å²) < 4.78 is 5.97. The number of aliphatic carboxylic acids is 1. The van der Waals surface area contributed by atoms with E-state index in [-0.39, 0.29) is 6.42 Å². The van der Waals surface area contributed by atoms with Crippen LogP contribution in [0.4, 0.5) is 0 Å². The Kier molecular flexibility index (Phi) is 5.36. The number of hydrogen-bond donors (Lipinski definition) is 3. The summed E-state index contributed by atoms with van der Waals surface area (Å²) in [6.45, 7) is 0. The number of aromatic nitrogens is 1. The van der Waals surface area contributed by atoms with Crippen molar-refractivity contribution in [3.8, 4) is 0 Å². The normalized spacial score (nSPS) is 19.2. The van der Waals surface area contributed by atoms with E-state index in [2.05, 4.69) is 4.98 Å². The van der Waals surface area contributed by atoms with Crippen LogP contribution in [-0.4, -0.2) is 44.8 Å². The minimum absolute atomic E-state index is 0.148. The number of carbonyl (C=O) groups is 1. The Morgan fingerprint density at radius 2 is 2.24 bits per heavy atom. The Morgan fingerprint density at radius 1 is 1.52 bits per heavy atom. The van der Waals surface area contributed by atoms with Crippen LogP contribution in [0.3, 0.4) is 0 Å². The molecule has 3 rings (SSSR count). The third-order valence-corrected chi connectivity index (χ3v) is 5.76. The van der Waals surface area contributed by atoms with E-state index >= 15 is 0 Å². The standard InChI is InChI=1S/C18H24N2O4S/c1-25-10-16(19)18(23,17(21)22)9-13-12-8-15(11-4-2-3-5-11)24-14(12)6-7-20-13/h6-8,11,16,23H,2-5,9-10,19H2,1H3,(H,21,22)/t16-,18+/m0/s1. The first-order valence-corrected chi connectivity index (χ1v) is 9.92. The van der Waals surface area contributed by atoms with Gasteiger partial charge in [0.1, 0.15) is 11.3 Å². The number of fused-ring (bicyclic) bond motifs is 1. The lowest BCUT2D eigenvalue weighted by Crippen LogP contribution is -2.57. The predicted octanol–water partition coefficient (Wildman–Crippen LogP) is 2.53. The van der Waals surface area contributed by atoms with Crippen molar-refractivity contribution in [3.05, 3.63) is 29.8 Å². The van der Waals surface area contributed by atoms with E-state index in [0.717, 1.165) is 24.0 Å². The molecule has 6 nitrogen and oxygen atoms in total. The summed E-state index contributed by atoms with van der Waals surface area (Å²) in [4.78, 5) is 16.0. The molecule has 1 fully saturated rings. The van der Waals surface area contributed by atoms with Crippen molar-refractivity contribution < 1.29 is 19.4 Å². The number of thioether (sulfide) groups is 1. The molecule has 0 spiro atoms. The van der Waals surface area contributed by atoms with Gasteiger partial charge in [0, 0.05) is 29.7 Å². The van der Waals surface area contributed by atoms with Gasteiger partial charge in [0.15, 0.2) is 5.60 Å². The maximum atomic E-state index is 11.7. The number of aliphatic hydroxyl groups is 1. The second kappa shape index (κ2) is 7.35. The minimum atomic E-state index is -2.06. The van der Waals surface area contributed by atoms with Gasteiger partial charge in [-0.25, -0.2) is 4.79 Å². The lowest BCUT2D eigenvalue weighted by Gasteiger charge is -2.29. The fourth-order valence-corrected chi connectivity index (χ4v) is 4.16. The van der Waals surface area contributed by atoms with E-state index in [1.165, 1.54) is 24.6 Å². The molecule has 2 atom stereocenters. The van der Waals surface area contributed by atoms with Gasteiger partial charge in [0.05, 0.1) is 11.7 Å². The predicted molar refractivity (Wildman–Crippen MR) is 97.9 cm³/mol. The van der Waals surface area contributed by atoms with Crippen molar-refractivity contribution in [2.45, 2.75) is 49.7 Å². The number of nitrogens with zero attached hydrogens (tertiary/aromatic N) is 1. The first kappa shape index (κ1) is 18.2. The number of furan rings is 1. The molecule has 4 N–H and O–H groups in total. The molecular formula is C18H24N2O4S. The van der Waals surface area contributed by atoms with Crippen molar-refractivity contribution in [2.75, 3.05) is 12.0 Å². The Morgan fingerprint density at radius 3 is 2.88 bits per heavy atom. The van der Waals surface area contributed by atoms with E-state index < -0.39 is 17.6 Å². The van der Waals surface area contributed by atoms with E-state index in [1.807, 2.05) is 12.3 Å². The molecule has 0 aromatic carbocycles. The van der Waals surface area contributed by atoms with E-state index in [4.69, 9.17) is 10.2 Å². The molecule has 0 radical (unpaired) electrons. The molecule has 0 bridgehead atoms. The minimum Gasteiger partial charge on any atom is -0.479 e. The summed E-state index contributed by atoms with van der Waals surface area (Å²) >= 11 is 1.40. The summed E-state index contributed by atoms with van der Waals surface area (Å²) in [6, 6.07) is 2.84. The molecule has 1 saturated carbocycles.